The molecule has 4 heteroatoms. The fourth-order valence-corrected chi connectivity index (χ4v) is 2.99. The van der Waals surface area contributed by atoms with E-state index in [1.54, 1.807) is 6.20 Å². The molecule has 0 saturated carbocycles. The Morgan fingerprint density at radius 2 is 1.73 bits per heavy atom. The molecular weight excluding hydrogens is 324 g/mol. The number of amides is 1. The van der Waals surface area contributed by atoms with Crippen molar-refractivity contribution >= 4 is 12.0 Å². The maximum absolute atomic E-state index is 12.9. The second-order valence-electron chi connectivity index (χ2n) is 6.07. The number of hydrogen-bond acceptors (Lipinski definition) is 3. The van der Waals surface area contributed by atoms with Crippen molar-refractivity contribution in [3.05, 3.63) is 101 Å². The standard InChI is InChI=1S/C22H18N2O2/c25-22(18-14-17-10-4-5-12-20(17)26-15-18)24-21(16-8-2-1-3-9-16)19-11-6-7-13-23-19/h1-14,21H,15H2,(H,24,25). The molecular formula is C22H18N2O2. The summed E-state index contributed by atoms with van der Waals surface area (Å²) in [6.45, 7) is 0.257. The van der Waals surface area contributed by atoms with Crippen LogP contribution in [0.2, 0.25) is 0 Å². The van der Waals surface area contributed by atoms with Crippen molar-refractivity contribution in [1.82, 2.24) is 10.3 Å². The summed E-state index contributed by atoms with van der Waals surface area (Å²) in [6.07, 6.45) is 3.62. The number of carbonyl (C=O) groups is 1. The highest BCUT2D eigenvalue weighted by atomic mass is 16.5. The molecule has 1 aromatic heterocycles. The van der Waals surface area contributed by atoms with Crippen molar-refractivity contribution < 1.29 is 9.53 Å². The van der Waals surface area contributed by atoms with E-state index in [2.05, 4.69) is 10.3 Å². The summed E-state index contributed by atoms with van der Waals surface area (Å²) in [5.41, 5.74) is 3.29. The Morgan fingerprint density at radius 3 is 2.54 bits per heavy atom. The van der Waals surface area contributed by atoms with E-state index in [1.807, 2.05) is 78.9 Å². The van der Waals surface area contributed by atoms with E-state index in [-0.39, 0.29) is 18.6 Å². The summed E-state index contributed by atoms with van der Waals surface area (Å²) >= 11 is 0. The van der Waals surface area contributed by atoms with Crippen molar-refractivity contribution in [2.45, 2.75) is 6.04 Å². The number of para-hydroxylation sites is 1. The average Bonchev–Trinajstić information content (AvgIpc) is 2.72. The third-order valence-corrected chi connectivity index (χ3v) is 4.32. The Balaban J connectivity index is 1.62. The van der Waals surface area contributed by atoms with Crippen LogP contribution in [0.4, 0.5) is 0 Å². The quantitative estimate of drug-likeness (QED) is 0.785. The van der Waals surface area contributed by atoms with E-state index >= 15 is 0 Å². The normalized spacial score (nSPS) is 13.8. The number of carbonyl (C=O) groups excluding carboxylic acids is 1. The van der Waals surface area contributed by atoms with Crippen LogP contribution in [0.3, 0.4) is 0 Å². The SMILES string of the molecule is O=C(NC(c1ccccc1)c1ccccn1)C1=Cc2ccccc2OC1. The molecule has 1 aliphatic heterocycles. The summed E-state index contributed by atoms with van der Waals surface area (Å²) in [6, 6.07) is 22.9. The number of aromatic nitrogens is 1. The van der Waals surface area contributed by atoms with Gasteiger partial charge in [-0.05, 0) is 29.8 Å². The van der Waals surface area contributed by atoms with Gasteiger partial charge in [0.2, 0.25) is 0 Å². The van der Waals surface area contributed by atoms with Crippen LogP contribution in [0.15, 0.2) is 84.6 Å². The van der Waals surface area contributed by atoms with Crippen molar-refractivity contribution in [1.29, 1.82) is 0 Å². The van der Waals surface area contributed by atoms with E-state index < -0.39 is 0 Å². The molecule has 26 heavy (non-hydrogen) atoms. The first kappa shape index (κ1) is 16.1. The molecule has 0 radical (unpaired) electrons. The number of rotatable bonds is 4. The number of hydrogen-bond donors (Lipinski definition) is 1. The Bertz CT molecular complexity index is 897. The maximum Gasteiger partial charge on any atom is 0.251 e. The van der Waals surface area contributed by atoms with Crippen molar-refractivity contribution in [3.63, 3.8) is 0 Å². The van der Waals surface area contributed by atoms with Crippen LogP contribution in [-0.2, 0) is 4.79 Å². The van der Waals surface area contributed by atoms with E-state index in [4.69, 9.17) is 4.74 Å². The zero-order valence-corrected chi connectivity index (χ0v) is 14.1. The van der Waals surface area contributed by atoms with Gasteiger partial charge in [0, 0.05) is 11.8 Å². The largest absolute Gasteiger partial charge is 0.488 e. The Kier molecular flexibility index (Phi) is 4.48. The molecule has 128 valence electrons. The van der Waals surface area contributed by atoms with E-state index in [0.717, 1.165) is 22.6 Å². The van der Waals surface area contributed by atoms with Crippen LogP contribution >= 0.6 is 0 Å². The lowest BCUT2D eigenvalue weighted by molar-refractivity contribution is -0.118. The molecule has 0 spiro atoms. The van der Waals surface area contributed by atoms with Crippen LogP contribution in [-0.4, -0.2) is 17.5 Å². The molecule has 2 aromatic carbocycles. The fourth-order valence-electron chi connectivity index (χ4n) is 2.99. The third kappa shape index (κ3) is 3.35. The minimum absolute atomic E-state index is 0.154. The summed E-state index contributed by atoms with van der Waals surface area (Å²) in [5, 5.41) is 3.10. The van der Waals surface area contributed by atoms with E-state index in [1.165, 1.54) is 0 Å². The molecule has 4 rings (SSSR count). The highest BCUT2D eigenvalue weighted by Crippen LogP contribution is 2.27. The van der Waals surface area contributed by atoms with Crippen LogP contribution in [0.5, 0.6) is 5.75 Å². The van der Waals surface area contributed by atoms with Gasteiger partial charge in [-0.25, -0.2) is 0 Å². The van der Waals surface area contributed by atoms with E-state index in [0.29, 0.717) is 5.57 Å². The fraction of sp³-hybridized carbons (Fsp3) is 0.0909. The summed E-state index contributed by atoms with van der Waals surface area (Å²) in [5.74, 6) is 0.646. The Hall–Kier alpha value is -3.40. The van der Waals surface area contributed by atoms with Crippen LogP contribution in [0.25, 0.3) is 6.08 Å². The lowest BCUT2D eigenvalue weighted by Crippen LogP contribution is -2.33. The first-order valence-corrected chi connectivity index (χ1v) is 8.50. The Morgan fingerprint density at radius 1 is 0.962 bits per heavy atom. The predicted octanol–water partition coefficient (Wildman–Crippen LogP) is 3.76. The number of benzene rings is 2. The molecule has 1 atom stereocenters. The lowest BCUT2D eigenvalue weighted by Gasteiger charge is -2.22. The molecule has 4 nitrogen and oxygen atoms in total. The molecule has 1 unspecified atom stereocenters. The second-order valence-corrected chi connectivity index (χ2v) is 6.07. The molecule has 3 aromatic rings. The van der Waals surface area contributed by atoms with Gasteiger partial charge in [0.1, 0.15) is 12.4 Å². The van der Waals surface area contributed by atoms with Gasteiger partial charge in [-0.1, -0.05) is 54.6 Å². The molecule has 0 bridgehead atoms. The summed E-state index contributed by atoms with van der Waals surface area (Å²) in [7, 11) is 0. The second kappa shape index (κ2) is 7.23. The smallest absolute Gasteiger partial charge is 0.251 e. The van der Waals surface area contributed by atoms with Crippen molar-refractivity contribution in [2.75, 3.05) is 6.61 Å². The van der Waals surface area contributed by atoms with Crippen LogP contribution < -0.4 is 10.1 Å². The molecule has 0 aliphatic carbocycles. The van der Waals surface area contributed by atoms with Crippen molar-refractivity contribution in [3.8, 4) is 5.75 Å². The molecule has 0 fully saturated rings. The van der Waals surface area contributed by atoms with Gasteiger partial charge in [0.25, 0.3) is 5.91 Å². The predicted molar refractivity (Wildman–Crippen MR) is 101 cm³/mol. The monoisotopic (exact) mass is 342 g/mol. The van der Waals surface area contributed by atoms with Crippen LogP contribution in [0, 0.1) is 0 Å². The van der Waals surface area contributed by atoms with Gasteiger partial charge in [-0.3, -0.25) is 9.78 Å². The molecule has 0 saturated heterocycles. The number of fused-ring (bicyclic) bond motifs is 1. The Labute approximate surface area is 152 Å². The third-order valence-electron chi connectivity index (χ3n) is 4.32. The van der Waals surface area contributed by atoms with E-state index in [9.17, 15) is 4.79 Å². The molecule has 1 N–H and O–H groups in total. The number of nitrogens with one attached hydrogen (secondary N) is 1. The first-order chi connectivity index (χ1) is 12.8. The highest BCUT2D eigenvalue weighted by molar-refractivity contribution is 5.99. The number of pyridine rings is 1. The van der Waals surface area contributed by atoms with Gasteiger partial charge in [0.15, 0.2) is 0 Å². The topological polar surface area (TPSA) is 51.2 Å². The van der Waals surface area contributed by atoms with Gasteiger partial charge in [-0.2, -0.15) is 0 Å². The van der Waals surface area contributed by atoms with Gasteiger partial charge < -0.3 is 10.1 Å². The highest BCUT2D eigenvalue weighted by Gasteiger charge is 2.22. The zero-order valence-electron chi connectivity index (χ0n) is 14.1. The summed E-state index contributed by atoms with van der Waals surface area (Å²) < 4.78 is 5.71. The zero-order chi connectivity index (χ0) is 17.8. The number of ether oxygens (including phenoxy) is 1. The summed E-state index contributed by atoms with van der Waals surface area (Å²) in [4.78, 5) is 17.3. The first-order valence-electron chi connectivity index (χ1n) is 8.50. The minimum Gasteiger partial charge on any atom is -0.488 e. The average molecular weight is 342 g/mol. The maximum atomic E-state index is 12.9. The van der Waals surface area contributed by atoms with Crippen molar-refractivity contribution in [2.24, 2.45) is 0 Å². The van der Waals surface area contributed by atoms with Gasteiger partial charge in [-0.15, -0.1) is 0 Å². The number of nitrogens with zero attached hydrogens (tertiary/aromatic N) is 1. The molecule has 1 amide bonds. The molecule has 1 aliphatic rings. The van der Waals surface area contributed by atoms with Crippen LogP contribution in [0.1, 0.15) is 22.9 Å². The lowest BCUT2D eigenvalue weighted by atomic mass is 10.0. The van der Waals surface area contributed by atoms with Gasteiger partial charge >= 0.3 is 0 Å². The molecule has 2 heterocycles. The minimum atomic E-state index is -0.317. The van der Waals surface area contributed by atoms with Gasteiger partial charge in [0.05, 0.1) is 17.3 Å².